The van der Waals surface area contributed by atoms with Gasteiger partial charge in [-0.3, -0.25) is 4.79 Å². The minimum absolute atomic E-state index is 0.0125. The topological polar surface area (TPSA) is 124 Å². The molecule has 32 heavy (non-hydrogen) atoms. The van der Waals surface area contributed by atoms with Gasteiger partial charge in [0.1, 0.15) is 22.3 Å². The van der Waals surface area contributed by atoms with Crippen molar-refractivity contribution in [3.05, 3.63) is 34.0 Å². The quantitative estimate of drug-likeness (QED) is 0.263. The predicted octanol–water partition coefficient (Wildman–Crippen LogP) is 2.95. The first-order valence-electron chi connectivity index (χ1n) is 10.6. The molecule has 0 aromatic carbocycles. The SMILES string of the molecule is CC(/N=N\C(=C\N(C)C=O)OCC1(S(=O)(=O)C2CC2)CC1)[C@@H](C)NCc1ccc(C#N)s1. The summed E-state index contributed by atoms with van der Waals surface area (Å²) in [4.78, 5) is 14.0. The van der Waals surface area contributed by atoms with Gasteiger partial charge in [0.15, 0.2) is 9.84 Å². The van der Waals surface area contributed by atoms with Crippen LogP contribution in [0.1, 0.15) is 49.3 Å². The van der Waals surface area contributed by atoms with E-state index in [2.05, 4.69) is 21.6 Å². The zero-order chi connectivity index (χ0) is 23.4. The van der Waals surface area contributed by atoms with Gasteiger partial charge in [0, 0.05) is 24.5 Å². The van der Waals surface area contributed by atoms with Crippen LogP contribution in [0.4, 0.5) is 0 Å². The van der Waals surface area contributed by atoms with Crippen molar-refractivity contribution in [2.45, 2.75) is 68.2 Å². The third-order valence-corrected chi connectivity index (χ3v) is 9.84. The summed E-state index contributed by atoms with van der Waals surface area (Å²) >= 11 is 1.44. The van der Waals surface area contributed by atoms with E-state index in [-0.39, 0.29) is 29.8 Å². The summed E-state index contributed by atoms with van der Waals surface area (Å²) in [6.07, 6.45) is 4.64. The van der Waals surface area contributed by atoms with Gasteiger partial charge in [0.25, 0.3) is 0 Å². The molecule has 174 valence electrons. The lowest BCUT2D eigenvalue weighted by atomic mass is 10.2. The number of nitrogens with one attached hydrogen (secondary N) is 1. The zero-order valence-corrected chi connectivity index (χ0v) is 20.2. The highest BCUT2D eigenvalue weighted by molar-refractivity contribution is 7.94. The van der Waals surface area contributed by atoms with Crippen LogP contribution in [0.3, 0.4) is 0 Å². The van der Waals surface area contributed by atoms with Gasteiger partial charge in [-0.15, -0.1) is 16.5 Å². The van der Waals surface area contributed by atoms with E-state index in [9.17, 15) is 13.2 Å². The molecule has 9 nitrogen and oxygen atoms in total. The van der Waals surface area contributed by atoms with Crippen LogP contribution < -0.4 is 5.32 Å². The molecule has 0 bridgehead atoms. The van der Waals surface area contributed by atoms with E-state index in [0.717, 1.165) is 17.7 Å². The summed E-state index contributed by atoms with van der Waals surface area (Å²) < 4.78 is 30.3. The van der Waals surface area contributed by atoms with Gasteiger partial charge in [-0.1, -0.05) is 0 Å². The van der Waals surface area contributed by atoms with Gasteiger partial charge >= 0.3 is 0 Å². The lowest BCUT2D eigenvalue weighted by Crippen LogP contribution is -2.33. The Morgan fingerprint density at radius 2 is 2.16 bits per heavy atom. The first kappa shape index (κ1) is 24.4. The molecular formula is C21H29N5O4S2. The smallest absolute Gasteiger partial charge is 0.249 e. The van der Waals surface area contributed by atoms with Crippen LogP contribution in [0.15, 0.2) is 34.4 Å². The molecule has 1 N–H and O–H groups in total. The Balaban J connectivity index is 1.58. The number of azo groups is 1. The van der Waals surface area contributed by atoms with Crippen molar-refractivity contribution in [2.24, 2.45) is 10.2 Å². The van der Waals surface area contributed by atoms with Crippen molar-refractivity contribution in [1.82, 2.24) is 10.2 Å². The maximum absolute atomic E-state index is 12.7. The number of rotatable bonds is 13. The largest absolute Gasteiger partial charge is 0.474 e. The van der Waals surface area contributed by atoms with Crippen molar-refractivity contribution in [1.29, 1.82) is 5.26 Å². The molecule has 2 aliphatic carbocycles. The lowest BCUT2D eigenvalue weighted by molar-refractivity contribution is -0.115. The molecule has 2 saturated carbocycles. The number of nitriles is 1. The second-order valence-corrected chi connectivity index (χ2v) is 12.2. The molecule has 1 heterocycles. The number of nitrogens with zero attached hydrogens (tertiary/aromatic N) is 4. The number of ether oxygens (including phenoxy) is 1. The summed E-state index contributed by atoms with van der Waals surface area (Å²) in [6.45, 7) is 4.51. The number of sulfone groups is 1. The van der Waals surface area contributed by atoms with E-state index in [1.165, 1.54) is 22.4 Å². The standard InChI is InChI=1S/C21H29N5O4S2/c1-15(23-11-18-5-4-17(10-22)31-18)16(2)24-25-20(12-26(3)14-27)30-13-21(8-9-21)32(28,29)19-6-7-19/h4-5,12,14-16,19,23H,6-9,11,13H2,1-3H3/b20-12-,25-24-/t15-,16?/m1/s1. The molecule has 2 aliphatic rings. The van der Waals surface area contributed by atoms with Crippen LogP contribution in [-0.4, -0.2) is 55.5 Å². The fourth-order valence-corrected chi connectivity index (χ4v) is 6.21. The van der Waals surface area contributed by atoms with Gasteiger partial charge in [0.2, 0.25) is 12.3 Å². The van der Waals surface area contributed by atoms with Crippen molar-refractivity contribution < 1.29 is 17.9 Å². The van der Waals surface area contributed by atoms with Crippen molar-refractivity contribution in [3.8, 4) is 6.07 Å². The number of hydrogen-bond acceptors (Lipinski definition) is 9. The summed E-state index contributed by atoms with van der Waals surface area (Å²) in [7, 11) is -1.65. The van der Waals surface area contributed by atoms with Gasteiger partial charge in [0.05, 0.1) is 17.5 Å². The number of thiophene rings is 1. The van der Waals surface area contributed by atoms with E-state index in [4.69, 9.17) is 10.00 Å². The first-order chi connectivity index (χ1) is 15.2. The maximum atomic E-state index is 12.7. The average Bonchev–Trinajstić information content (AvgIpc) is 3.71. The molecule has 3 rings (SSSR count). The summed E-state index contributed by atoms with van der Waals surface area (Å²) in [5, 5.41) is 20.5. The Labute approximate surface area is 193 Å². The molecule has 2 fully saturated rings. The Morgan fingerprint density at radius 1 is 1.44 bits per heavy atom. The van der Waals surface area contributed by atoms with Crippen LogP contribution in [0.25, 0.3) is 0 Å². The normalized spacial score (nSPS) is 19.9. The molecule has 11 heteroatoms. The summed E-state index contributed by atoms with van der Waals surface area (Å²) in [6, 6.07) is 5.62. The van der Waals surface area contributed by atoms with Gasteiger partial charge in [-0.2, -0.15) is 10.4 Å². The van der Waals surface area contributed by atoms with Crippen molar-refractivity contribution in [2.75, 3.05) is 13.7 Å². The number of carbonyl (C=O) groups is 1. The molecule has 0 aliphatic heterocycles. The van der Waals surface area contributed by atoms with Gasteiger partial charge in [-0.05, 0) is 51.7 Å². The highest BCUT2D eigenvalue weighted by Gasteiger charge is 2.60. The minimum Gasteiger partial charge on any atom is -0.474 e. The Kier molecular flexibility index (Phi) is 7.69. The highest BCUT2D eigenvalue weighted by atomic mass is 32.2. The van der Waals surface area contributed by atoms with E-state index < -0.39 is 14.6 Å². The van der Waals surface area contributed by atoms with E-state index >= 15 is 0 Å². The van der Waals surface area contributed by atoms with Crippen LogP contribution in [0.2, 0.25) is 0 Å². The second-order valence-electron chi connectivity index (χ2n) is 8.46. The Hall–Kier alpha value is -2.29. The Morgan fingerprint density at radius 3 is 2.72 bits per heavy atom. The molecule has 0 saturated heterocycles. The average molecular weight is 480 g/mol. The monoisotopic (exact) mass is 479 g/mol. The number of carbonyl (C=O) groups excluding carboxylic acids is 1. The highest BCUT2D eigenvalue weighted by Crippen LogP contribution is 2.50. The molecule has 1 aromatic heterocycles. The fourth-order valence-electron chi connectivity index (χ4n) is 3.10. The summed E-state index contributed by atoms with van der Waals surface area (Å²) in [5.74, 6) is 0.104. The third kappa shape index (κ3) is 5.94. The van der Waals surface area contributed by atoms with Crippen molar-refractivity contribution >= 4 is 27.6 Å². The van der Waals surface area contributed by atoms with E-state index in [1.807, 2.05) is 19.9 Å². The third-order valence-electron chi connectivity index (χ3n) is 5.77. The lowest BCUT2D eigenvalue weighted by Gasteiger charge is -2.18. The van der Waals surface area contributed by atoms with Crippen LogP contribution >= 0.6 is 11.3 Å². The van der Waals surface area contributed by atoms with Crippen LogP contribution in [0, 0.1) is 11.3 Å². The molecule has 0 radical (unpaired) electrons. The van der Waals surface area contributed by atoms with Crippen molar-refractivity contribution in [3.63, 3.8) is 0 Å². The van der Waals surface area contributed by atoms with E-state index in [1.54, 1.807) is 13.1 Å². The fraction of sp³-hybridized carbons (Fsp3) is 0.619. The number of hydrogen-bond donors (Lipinski definition) is 1. The van der Waals surface area contributed by atoms with Gasteiger partial charge < -0.3 is 15.0 Å². The van der Waals surface area contributed by atoms with E-state index in [0.29, 0.717) is 30.7 Å². The second kappa shape index (κ2) is 10.1. The Bertz CT molecular complexity index is 1020. The zero-order valence-electron chi connectivity index (χ0n) is 18.5. The van der Waals surface area contributed by atoms with Gasteiger partial charge in [-0.25, -0.2) is 8.42 Å². The first-order valence-corrected chi connectivity index (χ1v) is 13.0. The molecule has 1 amide bonds. The predicted molar refractivity (Wildman–Crippen MR) is 121 cm³/mol. The molecule has 1 unspecified atom stereocenters. The molecular weight excluding hydrogens is 450 g/mol. The minimum atomic E-state index is -3.20. The maximum Gasteiger partial charge on any atom is 0.249 e. The van der Waals surface area contributed by atoms with Crippen LogP contribution in [0.5, 0.6) is 0 Å². The molecule has 1 aromatic rings. The number of amides is 1. The molecule has 0 spiro atoms. The molecule has 2 atom stereocenters. The summed E-state index contributed by atoms with van der Waals surface area (Å²) in [5.41, 5.74) is 0. The van der Waals surface area contributed by atoms with Crippen LogP contribution in [-0.2, 0) is 25.9 Å².